The largest absolute Gasteiger partial charge is 0.434 e. The zero-order chi connectivity index (χ0) is 12.4. The molecule has 0 fully saturated rings. The third kappa shape index (κ3) is 2.55. The molecule has 0 unspecified atom stereocenters. The van der Waals surface area contributed by atoms with Gasteiger partial charge in [-0.1, -0.05) is 22.0 Å². The number of ether oxygens (including phenoxy) is 1. The van der Waals surface area contributed by atoms with Crippen LogP contribution in [0.2, 0.25) is 0 Å². The monoisotopic (exact) mass is 294 g/mol. The summed E-state index contributed by atoms with van der Waals surface area (Å²) in [7, 11) is 1.66. The van der Waals surface area contributed by atoms with E-state index in [4.69, 9.17) is 4.74 Å². The summed E-state index contributed by atoms with van der Waals surface area (Å²) in [5.74, 6) is 0.700. The first kappa shape index (κ1) is 11.9. The summed E-state index contributed by atoms with van der Waals surface area (Å²) < 4.78 is 7.85. The van der Waals surface area contributed by atoms with Crippen molar-refractivity contribution in [2.45, 2.75) is 6.92 Å². The van der Waals surface area contributed by atoms with E-state index >= 15 is 0 Å². The smallest absolute Gasteiger partial charge is 0.313 e. The molecule has 5 heteroatoms. The van der Waals surface area contributed by atoms with E-state index < -0.39 is 0 Å². The molecule has 88 valence electrons. The summed E-state index contributed by atoms with van der Waals surface area (Å²) in [6.45, 7) is 1.91. The number of nitrogens with zero attached hydrogens (tertiary/aromatic N) is 2. The zero-order valence-corrected chi connectivity index (χ0v) is 11.1. The normalized spacial score (nSPS) is 10.3. The molecule has 0 saturated heterocycles. The van der Waals surface area contributed by atoms with Gasteiger partial charge in [-0.25, -0.2) is 4.98 Å². The van der Waals surface area contributed by atoms with E-state index in [2.05, 4.69) is 20.9 Å². The van der Waals surface area contributed by atoms with Crippen molar-refractivity contribution in [3.05, 3.63) is 51.0 Å². The lowest BCUT2D eigenvalue weighted by Gasteiger charge is -2.08. The number of benzene rings is 1. The maximum atomic E-state index is 11.7. The number of aromatic nitrogens is 2. The first-order chi connectivity index (χ1) is 8.08. The molecule has 2 aromatic rings. The molecule has 0 atom stereocenters. The van der Waals surface area contributed by atoms with Crippen LogP contribution in [0.15, 0.2) is 39.9 Å². The van der Waals surface area contributed by atoms with Gasteiger partial charge in [0.2, 0.25) is 0 Å². The standard InChI is InChI=1S/C12H11BrN2O2/c1-8-3-4-9(13)7-10(8)17-11-12(16)15(2)6-5-14-11/h3-7H,1-2H3. The topological polar surface area (TPSA) is 44.1 Å². The average Bonchev–Trinajstić information content (AvgIpc) is 2.30. The molecular formula is C12H11BrN2O2. The van der Waals surface area contributed by atoms with Crippen LogP contribution in [0, 0.1) is 6.92 Å². The Balaban J connectivity index is 2.41. The van der Waals surface area contributed by atoms with Crippen molar-refractivity contribution in [2.24, 2.45) is 7.05 Å². The number of hydrogen-bond donors (Lipinski definition) is 0. The second kappa shape index (κ2) is 4.71. The van der Waals surface area contributed by atoms with Crippen LogP contribution in [0.1, 0.15) is 5.56 Å². The van der Waals surface area contributed by atoms with E-state index in [-0.39, 0.29) is 11.4 Å². The van der Waals surface area contributed by atoms with Gasteiger partial charge in [0.1, 0.15) is 5.75 Å². The van der Waals surface area contributed by atoms with Crippen molar-refractivity contribution in [2.75, 3.05) is 0 Å². The molecule has 0 bridgehead atoms. The fraction of sp³-hybridized carbons (Fsp3) is 0.167. The van der Waals surface area contributed by atoms with E-state index in [0.29, 0.717) is 5.75 Å². The minimum Gasteiger partial charge on any atom is -0.434 e. The molecule has 1 heterocycles. The van der Waals surface area contributed by atoms with Crippen molar-refractivity contribution < 1.29 is 4.74 Å². The molecule has 0 aliphatic carbocycles. The lowest BCUT2D eigenvalue weighted by molar-refractivity contribution is 0.445. The van der Waals surface area contributed by atoms with Gasteiger partial charge in [-0.15, -0.1) is 0 Å². The van der Waals surface area contributed by atoms with Crippen LogP contribution in [0.5, 0.6) is 11.6 Å². The van der Waals surface area contributed by atoms with Crippen LogP contribution < -0.4 is 10.3 Å². The molecule has 0 spiro atoms. The van der Waals surface area contributed by atoms with E-state index in [0.717, 1.165) is 10.0 Å². The Labute approximate surface area is 107 Å². The van der Waals surface area contributed by atoms with Gasteiger partial charge in [0, 0.05) is 23.9 Å². The summed E-state index contributed by atoms with van der Waals surface area (Å²) in [6.07, 6.45) is 3.12. The first-order valence-corrected chi connectivity index (χ1v) is 5.83. The van der Waals surface area contributed by atoms with Gasteiger partial charge in [-0.2, -0.15) is 0 Å². The van der Waals surface area contributed by atoms with Gasteiger partial charge in [0.15, 0.2) is 0 Å². The second-order valence-electron chi connectivity index (χ2n) is 3.66. The lowest BCUT2D eigenvalue weighted by Crippen LogP contribution is -2.18. The highest BCUT2D eigenvalue weighted by Crippen LogP contribution is 2.25. The molecule has 4 nitrogen and oxygen atoms in total. The number of aryl methyl sites for hydroxylation is 2. The minimum absolute atomic E-state index is 0.0798. The van der Waals surface area contributed by atoms with Crippen LogP contribution in [0.25, 0.3) is 0 Å². The molecule has 2 rings (SSSR count). The van der Waals surface area contributed by atoms with E-state index in [1.54, 1.807) is 13.2 Å². The predicted octanol–water partition coefficient (Wildman–Crippen LogP) is 2.64. The highest BCUT2D eigenvalue weighted by atomic mass is 79.9. The molecule has 0 aliphatic heterocycles. The Morgan fingerprint density at radius 1 is 1.41 bits per heavy atom. The van der Waals surface area contributed by atoms with Crippen LogP contribution in [-0.4, -0.2) is 9.55 Å². The molecule has 0 amide bonds. The fourth-order valence-electron chi connectivity index (χ4n) is 1.33. The van der Waals surface area contributed by atoms with Crippen molar-refractivity contribution in [1.82, 2.24) is 9.55 Å². The van der Waals surface area contributed by atoms with Crippen LogP contribution in [-0.2, 0) is 7.05 Å². The second-order valence-corrected chi connectivity index (χ2v) is 4.58. The van der Waals surface area contributed by atoms with E-state index in [1.165, 1.54) is 10.8 Å². The van der Waals surface area contributed by atoms with Crippen LogP contribution in [0.3, 0.4) is 0 Å². The summed E-state index contributed by atoms with van der Waals surface area (Å²) in [5, 5.41) is 0. The quantitative estimate of drug-likeness (QED) is 0.855. The van der Waals surface area contributed by atoms with Crippen molar-refractivity contribution >= 4 is 15.9 Å². The molecule has 0 N–H and O–H groups in total. The van der Waals surface area contributed by atoms with Crippen molar-refractivity contribution in [3.63, 3.8) is 0 Å². The van der Waals surface area contributed by atoms with Gasteiger partial charge in [-0.05, 0) is 24.6 Å². The lowest BCUT2D eigenvalue weighted by atomic mass is 10.2. The zero-order valence-electron chi connectivity index (χ0n) is 9.48. The van der Waals surface area contributed by atoms with Gasteiger partial charge in [0.05, 0.1) is 0 Å². The molecule has 17 heavy (non-hydrogen) atoms. The first-order valence-electron chi connectivity index (χ1n) is 5.03. The Kier molecular flexibility index (Phi) is 3.28. The highest BCUT2D eigenvalue weighted by Gasteiger charge is 2.07. The van der Waals surface area contributed by atoms with Crippen LogP contribution in [0.4, 0.5) is 0 Å². The maximum absolute atomic E-state index is 11.7. The van der Waals surface area contributed by atoms with E-state index in [1.807, 2.05) is 25.1 Å². The molecule has 1 aromatic heterocycles. The third-order valence-corrected chi connectivity index (χ3v) is 2.84. The molecule has 1 aromatic carbocycles. The highest BCUT2D eigenvalue weighted by molar-refractivity contribution is 9.10. The molecule has 0 aliphatic rings. The molecular weight excluding hydrogens is 284 g/mol. The Hall–Kier alpha value is -1.62. The van der Waals surface area contributed by atoms with Gasteiger partial charge < -0.3 is 9.30 Å². The third-order valence-electron chi connectivity index (χ3n) is 2.34. The Bertz CT molecular complexity index is 608. The van der Waals surface area contributed by atoms with Gasteiger partial charge in [0.25, 0.3) is 5.88 Å². The fourth-order valence-corrected chi connectivity index (χ4v) is 1.67. The van der Waals surface area contributed by atoms with Gasteiger partial charge >= 0.3 is 5.56 Å². The summed E-state index contributed by atoms with van der Waals surface area (Å²) in [5.41, 5.74) is 0.688. The van der Waals surface area contributed by atoms with Crippen molar-refractivity contribution in [3.8, 4) is 11.6 Å². The van der Waals surface area contributed by atoms with Crippen molar-refractivity contribution in [1.29, 1.82) is 0 Å². The minimum atomic E-state index is -0.258. The Morgan fingerprint density at radius 3 is 2.94 bits per heavy atom. The average molecular weight is 295 g/mol. The number of rotatable bonds is 2. The summed E-state index contributed by atoms with van der Waals surface area (Å²) in [4.78, 5) is 15.7. The number of hydrogen-bond acceptors (Lipinski definition) is 3. The molecule has 0 radical (unpaired) electrons. The van der Waals surface area contributed by atoms with Crippen LogP contribution >= 0.6 is 15.9 Å². The maximum Gasteiger partial charge on any atom is 0.313 e. The summed E-state index contributed by atoms with van der Waals surface area (Å²) in [6, 6.07) is 5.63. The number of halogens is 1. The molecule has 0 saturated carbocycles. The van der Waals surface area contributed by atoms with E-state index in [9.17, 15) is 4.79 Å². The predicted molar refractivity (Wildman–Crippen MR) is 68.4 cm³/mol. The Morgan fingerprint density at radius 2 is 2.18 bits per heavy atom. The van der Waals surface area contributed by atoms with Gasteiger partial charge in [-0.3, -0.25) is 4.79 Å². The SMILES string of the molecule is Cc1ccc(Br)cc1Oc1nccn(C)c1=O. The summed E-state index contributed by atoms with van der Waals surface area (Å²) >= 11 is 3.36.